The topological polar surface area (TPSA) is 59.7 Å². The van der Waals surface area contributed by atoms with Crippen molar-refractivity contribution in [2.45, 2.75) is 11.3 Å². The van der Waals surface area contributed by atoms with Crippen LogP contribution in [0.2, 0.25) is 0 Å². The van der Waals surface area contributed by atoms with Crippen molar-refractivity contribution < 1.29 is 9.84 Å². The first-order valence-electron chi connectivity index (χ1n) is 8.02. The second-order valence-corrected chi connectivity index (χ2v) is 6.68. The van der Waals surface area contributed by atoms with E-state index < -0.39 is 6.10 Å². The highest BCUT2D eigenvalue weighted by Gasteiger charge is 2.10. The Balaban J connectivity index is 1.34. The first-order chi connectivity index (χ1) is 12.3. The van der Waals surface area contributed by atoms with E-state index in [1.54, 1.807) is 0 Å². The number of aliphatic hydroxyl groups is 1. The Labute approximate surface area is 149 Å². The van der Waals surface area contributed by atoms with Crippen LogP contribution in [0.15, 0.2) is 72.0 Å². The molecule has 0 fully saturated rings. The lowest BCUT2D eigenvalue weighted by molar-refractivity contribution is 0.126. The van der Waals surface area contributed by atoms with E-state index in [0.29, 0.717) is 5.75 Å². The van der Waals surface area contributed by atoms with Crippen molar-refractivity contribution >= 4 is 28.2 Å². The van der Waals surface area contributed by atoms with E-state index in [1.165, 1.54) is 17.1 Å². The third-order valence-corrected chi connectivity index (χ3v) is 4.94. The fourth-order valence-corrected chi connectivity index (χ4v) is 3.42. The van der Waals surface area contributed by atoms with E-state index in [0.717, 1.165) is 21.9 Å². The van der Waals surface area contributed by atoms with Crippen molar-refractivity contribution in [3.05, 3.63) is 66.9 Å². The van der Waals surface area contributed by atoms with Crippen LogP contribution in [0.3, 0.4) is 0 Å². The lowest BCUT2D eigenvalue weighted by Crippen LogP contribution is -2.20. The summed E-state index contributed by atoms with van der Waals surface area (Å²) < 4.78 is 7.63. The lowest BCUT2D eigenvalue weighted by Gasteiger charge is -2.12. The molecule has 0 aliphatic carbocycles. The van der Waals surface area contributed by atoms with Gasteiger partial charge >= 0.3 is 0 Å². The average Bonchev–Trinajstić information content (AvgIpc) is 3.08. The number of benzene rings is 2. The minimum absolute atomic E-state index is 0.238. The number of pyridine rings is 1. The highest BCUT2D eigenvalue weighted by molar-refractivity contribution is 7.99. The Kier molecular flexibility index (Phi) is 4.54. The molecule has 2 aromatic heterocycles. The number of rotatable bonds is 6. The number of aromatic nitrogens is 3. The summed E-state index contributed by atoms with van der Waals surface area (Å²) >= 11 is 1.46. The van der Waals surface area contributed by atoms with Gasteiger partial charge in [-0.2, -0.15) is 0 Å². The molecular weight excluding hydrogens is 334 g/mol. The molecule has 0 aliphatic rings. The van der Waals surface area contributed by atoms with Crippen LogP contribution in [0, 0.1) is 0 Å². The molecule has 0 bridgehead atoms. The van der Waals surface area contributed by atoms with Gasteiger partial charge in [0, 0.05) is 11.9 Å². The van der Waals surface area contributed by atoms with Crippen molar-refractivity contribution in [3.8, 4) is 5.75 Å². The summed E-state index contributed by atoms with van der Waals surface area (Å²) in [6.07, 6.45) is 1.32. The van der Waals surface area contributed by atoms with Crippen LogP contribution < -0.4 is 4.74 Å². The van der Waals surface area contributed by atoms with E-state index in [1.807, 2.05) is 65.2 Å². The number of fused-ring (bicyclic) bond motifs is 2. The van der Waals surface area contributed by atoms with Crippen molar-refractivity contribution in [2.24, 2.45) is 0 Å². The van der Waals surface area contributed by atoms with E-state index in [-0.39, 0.29) is 6.61 Å². The van der Waals surface area contributed by atoms with Gasteiger partial charge in [-0.05, 0) is 35.0 Å². The lowest BCUT2D eigenvalue weighted by atomic mass is 10.1. The molecule has 0 aliphatic heterocycles. The van der Waals surface area contributed by atoms with E-state index >= 15 is 0 Å². The molecule has 0 spiro atoms. The number of hydrogen-bond donors (Lipinski definition) is 1. The summed E-state index contributed by atoms with van der Waals surface area (Å²) in [5, 5.41) is 21.5. The van der Waals surface area contributed by atoms with E-state index in [9.17, 15) is 5.11 Å². The number of aliphatic hydroxyl groups excluding tert-OH is 1. The fraction of sp³-hybridized carbons (Fsp3) is 0.158. The largest absolute Gasteiger partial charge is 0.491 e. The first kappa shape index (κ1) is 15.9. The predicted molar refractivity (Wildman–Crippen MR) is 99.2 cm³/mol. The SMILES string of the molecule is OC(COc1ccc2ccccc2c1)CSc1nnc2ccccn12. The van der Waals surface area contributed by atoms with Crippen molar-refractivity contribution in [3.63, 3.8) is 0 Å². The molecule has 0 radical (unpaired) electrons. The highest BCUT2D eigenvalue weighted by atomic mass is 32.2. The Morgan fingerprint density at radius 2 is 1.84 bits per heavy atom. The van der Waals surface area contributed by atoms with Gasteiger partial charge in [-0.1, -0.05) is 48.2 Å². The maximum Gasteiger partial charge on any atom is 0.195 e. The Morgan fingerprint density at radius 1 is 1.00 bits per heavy atom. The third kappa shape index (κ3) is 3.60. The molecule has 2 aromatic carbocycles. The van der Waals surface area contributed by atoms with Crippen LogP contribution in [-0.2, 0) is 0 Å². The zero-order valence-electron chi connectivity index (χ0n) is 13.4. The second kappa shape index (κ2) is 7.13. The first-order valence-corrected chi connectivity index (χ1v) is 9.00. The molecule has 1 atom stereocenters. The molecule has 1 N–H and O–H groups in total. The Hall–Kier alpha value is -2.57. The monoisotopic (exact) mass is 351 g/mol. The fourth-order valence-electron chi connectivity index (χ4n) is 2.59. The second-order valence-electron chi connectivity index (χ2n) is 5.70. The Morgan fingerprint density at radius 3 is 2.76 bits per heavy atom. The van der Waals surface area contributed by atoms with Crippen LogP contribution in [0.4, 0.5) is 0 Å². The highest BCUT2D eigenvalue weighted by Crippen LogP contribution is 2.21. The zero-order chi connectivity index (χ0) is 17.1. The number of ether oxygens (including phenoxy) is 1. The molecular formula is C19H17N3O2S. The number of nitrogens with zero attached hydrogens (tertiary/aromatic N) is 3. The van der Waals surface area contributed by atoms with Gasteiger partial charge in [-0.25, -0.2) is 0 Å². The molecule has 0 saturated heterocycles. The van der Waals surface area contributed by atoms with Crippen molar-refractivity contribution in [1.82, 2.24) is 14.6 Å². The number of hydrogen-bond acceptors (Lipinski definition) is 5. The quantitative estimate of drug-likeness (QED) is 0.540. The summed E-state index contributed by atoms with van der Waals surface area (Å²) in [6.45, 7) is 0.238. The van der Waals surface area contributed by atoms with Gasteiger partial charge < -0.3 is 9.84 Å². The molecule has 2 heterocycles. The van der Waals surface area contributed by atoms with Crippen LogP contribution in [0.25, 0.3) is 16.4 Å². The minimum atomic E-state index is -0.590. The molecule has 25 heavy (non-hydrogen) atoms. The maximum absolute atomic E-state index is 10.2. The van der Waals surface area contributed by atoms with Crippen LogP contribution >= 0.6 is 11.8 Å². The maximum atomic E-state index is 10.2. The van der Waals surface area contributed by atoms with Gasteiger partial charge in [0.05, 0.1) is 6.10 Å². The van der Waals surface area contributed by atoms with Crippen LogP contribution in [-0.4, -0.2) is 38.2 Å². The molecule has 126 valence electrons. The molecule has 6 heteroatoms. The van der Waals surface area contributed by atoms with Gasteiger partial charge in [0.25, 0.3) is 0 Å². The van der Waals surface area contributed by atoms with Crippen LogP contribution in [0.1, 0.15) is 0 Å². The smallest absolute Gasteiger partial charge is 0.195 e. The zero-order valence-corrected chi connectivity index (χ0v) is 14.3. The van der Waals surface area contributed by atoms with Gasteiger partial charge in [0.15, 0.2) is 10.8 Å². The summed E-state index contributed by atoms with van der Waals surface area (Å²) in [7, 11) is 0. The van der Waals surface area contributed by atoms with E-state index in [4.69, 9.17) is 4.74 Å². The van der Waals surface area contributed by atoms with E-state index in [2.05, 4.69) is 16.3 Å². The average molecular weight is 351 g/mol. The predicted octanol–water partition coefficient (Wildman–Crippen LogP) is 3.41. The van der Waals surface area contributed by atoms with Gasteiger partial charge in [-0.15, -0.1) is 10.2 Å². The summed E-state index contributed by atoms with van der Waals surface area (Å²) in [6, 6.07) is 19.8. The molecule has 1 unspecified atom stereocenters. The molecule has 4 aromatic rings. The molecule has 0 amide bonds. The van der Waals surface area contributed by atoms with Gasteiger partial charge in [0.2, 0.25) is 0 Å². The van der Waals surface area contributed by atoms with Crippen molar-refractivity contribution in [1.29, 1.82) is 0 Å². The summed E-state index contributed by atoms with van der Waals surface area (Å²) in [5.41, 5.74) is 0.798. The summed E-state index contributed by atoms with van der Waals surface area (Å²) in [4.78, 5) is 0. The van der Waals surface area contributed by atoms with Crippen molar-refractivity contribution in [2.75, 3.05) is 12.4 Å². The molecule has 4 rings (SSSR count). The van der Waals surface area contributed by atoms with Crippen LogP contribution in [0.5, 0.6) is 5.75 Å². The van der Waals surface area contributed by atoms with Gasteiger partial charge in [0.1, 0.15) is 12.4 Å². The molecule has 0 saturated carbocycles. The standard InChI is InChI=1S/C19H17N3O2S/c23-16(13-25-19-21-20-18-7-3-4-10-22(18)19)12-24-17-9-8-14-5-1-2-6-15(14)11-17/h1-11,16,23H,12-13H2. The third-order valence-electron chi connectivity index (χ3n) is 3.85. The minimum Gasteiger partial charge on any atom is -0.491 e. The number of thioether (sulfide) groups is 1. The molecule has 5 nitrogen and oxygen atoms in total. The Bertz CT molecular complexity index is 1000. The van der Waals surface area contributed by atoms with Gasteiger partial charge in [-0.3, -0.25) is 4.40 Å². The normalized spacial score (nSPS) is 12.5. The summed E-state index contributed by atoms with van der Waals surface area (Å²) in [5.74, 6) is 1.25.